The van der Waals surface area contributed by atoms with Gasteiger partial charge in [0.25, 0.3) is 0 Å². The standard InChI is InChI=1S/C16H22N2O2/c1-11-3-4-16-13(7-11)8-14(20-16)10-18-6-5-15(17-19)12(2)9-18/h3-4,7,12,14,19H,5-6,8-10H2,1-2H3/b17-15+. The Morgan fingerprint density at radius 2 is 2.30 bits per heavy atom. The zero-order valence-electron chi connectivity index (χ0n) is 12.2. The maximum atomic E-state index is 8.92. The Morgan fingerprint density at radius 3 is 3.05 bits per heavy atom. The predicted octanol–water partition coefficient (Wildman–Crippen LogP) is 2.47. The second-order valence-corrected chi connectivity index (χ2v) is 6.06. The summed E-state index contributed by atoms with van der Waals surface area (Å²) in [7, 11) is 0. The lowest BCUT2D eigenvalue weighted by molar-refractivity contribution is 0.139. The molecule has 0 radical (unpaired) electrons. The summed E-state index contributed by atoms with van der Waals surface area (Å²) in [5.74, 6) is 1.38. The van der Waals surface area contributed by atoms with Crippen molar-refractivity contribution in [2.24, 2.45) is 11.1 Å². The molecule has 0 aromatic heterocycles. The number of oxime groups is 1. The molecule has 2 aliphatic heterocycles. The van der Waals surface area contributed by atoms with Crippen LogP contribution in [0.2, 0.25) is 0 Å². The number of aryl methyl sites for hydroxylation is 1. The van der Waals surface area contributed by atoms with Crippen molar-refractivity contribution in [3.63, 3.8) is 0 Å². The molecule has 20 heavy (non-hydrogen) atoms. The molecule has 1 aromatic carbocycles. The van der Waals surface area contributed by atoms with Crippen LogP contribution in [0.5, 0.6) is 5.75 Å². The number of piperidine rings is 1. The van der Waals surface area contributed by atoms with Gasteiger partial charge in [0.15, 0.2) is 0 Å². The van der Waals surface area contributed by atoms with Gasteiger partial charge in [-0.25, -0.2) is 0 Å². The smallest absolute Gasteiger partial charge is 0.123 e. The van der Waals surface area contributed by atoms with Gasteiger partial charge < -0.3 is 9.94 Å². The van der Waals surface area contributed by atoms with Crippen LogP contribution in [-0.4, -0.2) is 41.6 Å². The van der Waals surface area contributed by atoms with Crippen molar-refractivity contribution in [3.05, 3.63) is 29.3 Å². The highest BCUT2D eigenvalue weighted by Crippen LogP contribution is 2.30. The molecule has 0 spiro atoms. The Bertz CT molecular complexity index is 527. The zero-order valence-corrected chi connectivity index (χ0v) is 12.2. The van der Waals surface area contributed by atoms with Crippen LogP contribution in [0.3, 0.4) is 0 Å². The third-order valence-electron chi connectivity index (χ3n) is 4.33. The normalized spacial score (nSPS) is 28.4. The number of nitrogens with zero attached hydrogens (tertiary/aromatic N) is 2. The van der Waals surface area contributed by atoms with Gasteiger partial charge in [0, 0.05) is 38.4 Å². The van der Waals surface area contributed by atoms with Gasteiger partial charge in [0.2, 0.25) is 0 Å². The molecule has 2 unspecified atom stereocenters. The highest BCUT2D eigenvalue weighted by molar-refractivity contribution is 5.86. The summed E-state index contributed by atoms with van der Waals surface area (Å²) in [6.07, 6.45) is 2.12. The molecule has 2 atom stereocenters. The summed E-state index contributed by atoms with van der Waals surface area (Å²) in [5, 5.41) is 12.3. The van der Waals surface area contributed by atoms with Crippen molar-refractivity contribution in [1.82, 2.24) is 4.90 Å². The van der Waals surface area contributed by atoms with Crippen LogP contribution in [0.4, 0.5) is 0 Å². The first-order valence-corrected chi connectivity index (χ1v) is 7.35. The predicted molar refractivity (Wildman–Crippen MR) is 78.7 cm³/mol. The van der Waals surface area contributed by atoms with Gasteiger partial charge in [0.1, 0.15) is 11.9 Å². The summed E-state index contributed by atoms with van der Waals surface area (Å²) in [5.41, 5.74) is 3.55. The monoisotopic (exact) mass is 274 g/mol. The van der Waals surface area contributed by atoms with Gasteiger partial charge in [0.05, 0.1) is 5.71 Å². The molecule has 2 aliphatic rings. The lowest BCUT2D eigenvalue weighted by Gasteiger charge is -2.32. The number of hydrogen-bond donors (Lipinski definition) is 1. The Kier molecular flexibility index (Phi) is 3.66. The molecule has 3 rings (SSSR count). The molecule has 1 aromatic rings. The number of ether oxygens (including phenoxy) is 1. The fraction of sp³-hybridized carbons (Fsp3) is 0.562. The molecule has 108 valence electrons. The van der Waals surface area contributed by atoms with Crippen LogP contribution in [-0.2, 0) is 6.42 Å². The average molecular weight is 274 g/mol. The van der Waals surface area contributed by atoms with Gasteiger partial charge in [-0.3, -0.25) is 4.90 Å². The van der Waals surface area contributed by atoms with Crippen LogP contribution < -0.4 is 4.74 Å². The lowest BCUT2D eigenvalue weighted by Crippen LogP contribution is -2.44. The van der Waals surface area contributed by atoms with Crippen LogP contribution in [0, 0.1) is 12.8 Å². The zero-order chi connectivity index (χ0) is 14.1. The summed E-state index contributed by atoms with van der Waals surface area (Å²) in [4.78, 5) is 2.42. The fourth-order valence-corrected chi connectivity index (χ4v) is 3.26. The minimum atomic E-state index is 0.256. The van der Waals surface area contributed by atoms with E-state index in [4.69, 9.17) is 9.94 Å². The van der Waals surface area contributed by atoms with Crippen molar-refractivity contribution in [1.29, 1.82) is 0 Å². The van der Waals surface area contributed by atoms with E-state index in [1.54, 1.807) is 0 Å². The molecular formula is C16H22N2O2. The Hall–Kier alpha value is -1.55. The van der Waals surface area contributed by atoms with Crippen LogP contribution >= 0.6 is 0 Å². The highest BCUT2D eigenvalue weighted by atomic mass is 16.5. The van der Waals surface area contributed by atoms with E-state index in [0.717, 1.165) is 43.9 Å². The van der Waals surface area contributed by atoms with Crippen molar-refractivity contribution in [3.8, 4) is 5.75 Å². The third kappa shape index (κ3) is 2.66. The molecule has 1 saturated heterocycles. The molecule has 4 heteroatoms. The maximum absolute atomic E-state index is 8.92. The third-order valence-corrected chi connectivity index (χ3v) is 4.33. The Labute approximate surface area is 120 Å². The number of fused-ring (bicyclic) bond motifs is 1. The second kappa shape index (κ2) is 5.44. The van der Waals surface area contributed by atoms with Crippen molar-refractivity contribution in [2.45, 2.75) is 32.8 Å². The van der Waals surface area contributed by atoms with Crippen LogP contribution in [0.25, 0.3) is 0 Å². The minimum Gasteiger partial charge on any atom is -0.488 e. The molecule has 0 bridgehead atoms. The largest absolute Gasteiger partial charge is 0.488 e. The fourth-order valence-electron chi connectivity index (χ4n) is 3.26. The molecule has 1 fully saturated rings. The molecule has 2 heterocycles. The van der Waals surface area contributed by atoms with Gasteiger partial charge in [-0.15, -0.1) is 0 Å². The Balaban J connectivity index is 1.59. The number of likely N-dealkylation sites (tertiary alicyclic amines) is 1. The average Bonchev–Trinajstić information content (AvgIpc) is 2.80. The van der Waals surface area contributed by atoms with Crippen molar-refractivity contribution >= 4 is 5.71 Å². The maximum Gasteiger partial charge on any atom is 0.123 e. The van der Waals surface area contributed by atoms with Crippen LogP contribution in [0.1, 0.15) is 24.5 Å². The van der Waals surface area contributed by atoms with E-state index in [-0.39, 0.29) is 6.10 Å². The first kappa shape index (κ1) is 13.4. The molecule has 4 nitrogen and oxygen atoms in total. The molecular weight excluding hydrogens is 252 g/mol. The molecule has 0 saturated carbocycles. The summed E-state index contributed by atoms with van der Waals surface area (Å²) < 4.78 is 6.03. The number of hydrogen-bond acceptors (Lipinski definition) is 4. The van der Waals surface area contributed by atoms with Crippen LogP contribution in [0.15, 0.2) is 23.4 Å². The van der Waals surface area contributed by atoms with Crippen molar-refractivity contribution < 1.29 is 9.94 Å². The van der Waals surface area contributed by atoms with Gasteiger partial charge in [-0.05, 0) is 18.6 Å². The quantitative estimate of drug-likeness (QED) is 0.665. The van der Waals surface area contributed by atoms with E-state index in [9.17, 15) is 0 Å². The first-order chi connectivity index (χ1) is 9.65. The summed E-state index contributed by atoms with van der Waals surface area (Å²) in [6, 6.07) is 6.42. The number of benzene rings is 1. The SMILES string of the molecule is Cc1ccc2c(c1)CC(CN1CC/C(=N\O)C(C)C1)O2. The van der Waals surface area contributed by atoms with E-state index in [1.165, 1.54) is 11.1 Å². The lowest BCUT2D eigenvalue weighted by atomic mass is 9.97. The van der Waals surface area contributed by atoms with E-state index < -0.39 is 0 Å². The van der Waals surface area contributed by atoms with E-state index in [0.29, 0.717) is 5.92 Å². The summed E-state index contributed by atoms with van der Waals surface area (Å²) in [6.45, 7) is 7.11. The van der Waals surface area contributed by atoms with Gasteiger partial charge in [-0.2, -0.15) is 0 Å². The van der Waals surface area contributed by atoms with Gasteiger partial charge >= 0.3 is 0 Å². The van der Waals surface area contributed by atoms with E-state index >= 15 is 0 Å². The van der Waals surface area contributed by atoms with Gasteiger partial charge in [-0.1, -0.05) is 29.8 Å². The molecule has 0 amide bonds. The summed E-state index contributed by atoms with van der Waals surface area (Å²) >= 11 is 0. The van der Waals surface area contributed by atoms with E-state index in [1.807, 2.05) is 0 Å². The van der Waals surface area contributed by atoms with E-state index in [2.05, 4.69) is 42.1 Å². The minimum absolute atomic E-state index is 0.256. The molecule has 1 N–H and O–H groups in total. The number of rotatable bonds is 2. The highest BCUT2D eigenvalue weighted by Gasteiger charge is 2.28. The topological polar surface area (TPSA) is 45.1 Å². The Morgan fingerprint density at radius 1 is 1.45 bits per heavy atom. The second-order valence-electron chi connectivity index (χ2n) is 6.06. The molecule has 0 aliphatic carbocycles. The first-order valence-electron chi connectivity index (χ1n) is 7.35. The van der Waals surface area contributed by atoms with Crippen molar-refractivity contribution in [2.75, 3.05) is 19.6 Å².